The molecule has 31 heavy (non-hydrogen) atoms. The van der Waals surface area contributed by atoms with Gasteiger partial charge in [-0.25, -0.2) is 4.79 Å². The van der Waals surface area contributed by atoms with Gasteiger partial charge in [0.2, 0.25) is 5.91 Å². The Hall–Kier alpha value is -3.35. The molecule has 0 fully saturated rings. The Labute approximate surface area is 182 Å². The van der Waals surface area contributed by atoms with Crippen LogP contribution in [0.3, 0.4) is 0 Å². The molecule has 1 aromatic heterocycles. The molecule has 3 rings (SSSR count). The van der Waals surface area contributed by atoms with Crippen LogP contribution in [0.25, 0.3) is 11.0 Å². The van der Waals surface area contributed by atoms with Crippen LogP contribution in [0, 0.1) is 5.92 Å². The molecule has 0 aliphatic heterocycles. The summed E-state index contributed by atoms with van der Waals surface area (Å²) in [6.07, 6.45) is 0.978. The monoisotopic (exact) mass is 422 g/mol. The van der Waals surface area contributed by atoms with E-state index in [4.69, 9.17) is 0 Å². The van der Waals surface area contributed by atoms with Crippen LogP contribution in [-0.2, 0) is 17.9 Å². The molecule has 0 aliphatic rings. The first kappa shape index (κ1) is 22.3. The van der Waals surface area contributed by atoms with Gasteiger partial charge in [-0.05, 0) is 36.6 Å². The van der Waals surface area contributed by atoms with Crippen molar-refractivity contribution in [3.63, 3.8) is 0 Å². The molecular weight excluding hydrogens is 392 g/mol. The predicted molar refractivity (Wildman–Crippen MR) is 123 cm³/mol. The molecule has 2 N–H and O–H groups in total. The molecule has 2 aromatic carbocycles. The third kappa shape index (κ3) is 5.23. The summed E-state index contributed by atoms with van der Waals surface area (Å²) in [5.41, 5.74) is 2.48. The van der Waals surface area contributed by atoms with Crippen molar-refractivity contribution in [1.29, 1.82) is 0 Å². The van der Waals surface area contributed by atoms with Crippen LogP contribution in [0.4, 0.5) is 5.69 Å². The van der Waals surface area contributed by atoms with Gasteiger partial charge in [0.25, 0.3) is 5.91 Å². The van der Waals surface area contributed by atoms with E-state index in [1.165, 1.54) is 0 Å². The maximum Gasteiger partial charge on any atom is 0.329 e. The molecule has 3 aromatic rings. The average Bonchev–Trinajstić information content (AvgIpc) is 3.02. The van der Waals surface area contributed by atoms with Crippen LogP contribution in [0.2, 0.25) is 0 Å². The normalized spacial score (nSPS) is 11.1. The maximum atomic E-state index is 12.9. The third-order valence-corrected chi connectivity index (χ3v) is 5.05. The number of carbonyl (C=O) groups is 2. The van der Waals surface area contributed by atoms with Gasteiger partial charge in [-0.15, -0.1) is 0 Å². The number of benzene rings is 2. The minimum absolute atomic E-state index is 0.107. The highest BCUT2D eigenvalue weighted by Crippen LogP contribution is 2.17. The number of rotatable bonds is 9. The van der Waals surface area contributed by atoms with Crippen LogP contribution >= 0.6 is 0 Å². The van der Waals surface area contributed by atoms with Crippen molar-refractivity contribution in [3.05, 3.63) is 64.6 Å². The first-order valence-electron chi connectivity index (χ1n) is 10.8. The van der Waals surface area contributed by atoms with Gasteiger partial charge in [0.1, 0.15) is 0 Å². The Balaban J connectivity index is 1.73. The smallest absolute Gasteiger partial charge is 0.329 e. The van der Waals surface area contributed by atoms with Crippen LogP contribution in [0.5, 0.6) is 0 Å². The highest BCUT2D eigenvalue weighted by molar-refractivity contribution is 6.03. The molecule has 0 saturated carbocycles. The fourth-order valence-electron chi connectivity index (χ4n) is 3.54. The molecule has 0 aliphatic carbocycles. The van der Waals surface area contributed by atoms with Gasteiger partial charge in [-0.3, -0.25) is 18.7 Å². The largest absolute Gasteiger partial charge is 0.352 e. The Morgan fingerprint density at radius 2 is 1.55 bits per heavy atom. The summed E-state index contributed by atoms with van der Waals surface area (Å²) in [5, 5.41) is 5.70. The number of para-hydroxylation sites is 3. The van der Waals surface area contributed by atoms with Gasteiger partial charge < -0.3 is 10.6 Å². The quantitative estimate of drug-likeness (QED) is 0.552. The average molecular weight is 423 g/mol. The fourth-order valence-corrected chi connectivity index (χ4v) is 3.54. The predicted octanol–water partition coefficient (Wildman–Crippen LogP) is 3.63. The maximum absolute atomic E-state index is 12.9. The van der Waals surface area contributed by atoms with E-state index >= 15 is 0 Å². The van der Waals surface area contributed by atoms with Crippen LogP contribution in [0.15, 0.2) is 53.3 Å². The van der Waals surface area contributed by atoms with Gasteiger partial charge in [0.15, 0.2) is 0 Å². The number of amides is 2. The third-order valence-electron chi connectivity index (χ3n) is 5.05. The summed E-state index contributed by atoms with van der Waals surface area (Å²) >= 11 is 0. The summed E-state index contributed by atoms with van der Waals surface area (Å²) < 4.78 is 3.40. The van der Waals surface area contributed by atoms with Crippen molar-refractivity contribution in [2.24, 2.45) is 5.92 Å². The van der Waals surface area contributed by atoms with Crippen molar-refractivity contribution in [3.8, 4) is 0 Å². The molecule has 0 atom stereocenters. The van der Waals surface area contributed by atoms with Crippen molar-refractivity contribution >= 4 is 28.5 Å². The first-order chi connectivity index (χ1) is 14.9. The van der Waals surface area contributed by atoms with Crippen molar-refractivity contribution < 1.29 is 9.59 Å². The number of aryl methyl sites for hydroxylation is 2. The number of carbonyl (C=O) groups excluding carboxylic acids is 2. The zero-order valence-electron chi connectivity index (χ0n) is 18.4. The van der Waals surface area contributed by atoms with E-state index in [9.17, 15) is 14.4 Å². The van der Waals surface area contributed by atoms with E-state index in [2.05, 4.69) is 10.6 Å². The van der Waals surface area contributed by atoms with Crippen LogP contribution in [-0.4, -0.2) is 27.5 Å². The van der Waals surface area contributed by atoms with E-state index in [1.54, 1.807) is 33.4 Å². The number of anilines is 1. The lowest BCUT2D eigenvalue weighted by molar-refractivity contribution is -0.116. The SMILES string of the molecule is CCCn1c(=O)n(CCC(=O)Nc2ccccc2C(=O)NCC(C)C)c2ccccc21. The Morgan fingerprint density at radius 3 is 2.19 bits per heavy atom. The van der Waals surface area contributed by atoms with Crippen molar-refractivity contribution in [1.82, 2.24) is 14.5 Å². The number of fused-ring (bicyclic) bond motifs is 1. The number of hydrogen-bond acceptors (Lipinski definition) is 3. The Kier molecular flexibility index (Phi) is 7.28. The Bertz CT molecular complexity index is 1130. The minimum atomic E-state index is -0.247. The van der Waals surface area contributed by atoms with E-state index in [0.717, 1.165) is 17.5 Å². The Morgan fingerprint density at radius 1 is 0.935 bits per heavy atom. The van der Waals surface area contributed by atoms with E-state index in [-0.39, 0.29) is 30.5 Å². The lowest BCUT2D eigenvalue weighted by Gasteiger charge is -2.12. The number of nitrogens with one attached hydrogen (secondary N) is 2. The standard InChI is InChI=1S/C24H30N4O3/c1-4-14-27-20-11-7-8-12-21(20)28(24(27)31)15-13-22(29)26-19-10-6-5-9-18(19)23(30)25-16-17(2)3/h5-12,17H,4,13-16H2,1-3H3,(H,25,30)(H,26,29). The molecular formula is C24H30N4O3. The highest BCUT2D eigenvalue weighted by Gasteiger charge is 2.16. The summed E-state index contributed by atoms with van der Waals surface area (Å²) in [6.45, 7) is 7.54. The van der Waals surface area contributed by atoms with Crippen molar-refractivity contribution in [2.75, 3.05) is 11.9 Å². The zero-order chi connectivity index (χ0) is 22.4. The molecule has 1 heterocycles. The molecule has 0 radical (unpaired) electrons. The number of imidazole rings is 1. The molecule has 164 valence electrons. The second-order valence-corrected chi connectivity index (χ2v) is 8.02. The van der Waals surface area contributed by atoms with Gasteiger partial charge in [-0.1, -0.05) is 45.0 Å². The number of aromatic nitrogens is 2. The summed E-state index contributed by atoms with van der Waals surface area (Å²) in [4.78, 5) is 38.0. The van der Waals surface area contributed by atoms with E-state index < -0.39 is 0 Å². The topological polar surface area (TPSA) is 85.1 Å². The minimum Gasteiger partial charge on any atom is -0.352 e. The molecule has 0 bridgehead atoms. The van der Waals surface area contributed by atoms with Gasteiger partial charge in [0, 0.05) is 26.1 Å². The summed E-state index contributed by atoms with van der Waals surface area (Å²) in [6, 6.07) is 14.6. The first-order valence-corrected chi connectivity index (χ1v) is 10.8. The second kappa shape index (κ2) is 10.1. The van der Waals surface area contributed by atoms with Crippen LogP contribution in [0.1, 0.15) is 44.0 Å². The molecule has 0 saturated heterocycles. The number of hydrogen-bond donors (Lipinski definition) is 2. The second-order valence-electron chi connectivity index (χ2n) is 8.02. The van der Waals surface area contributed by atoms with E-state index in [1.807, 2.05) is 45.0 Å². The zero-order valence-corrected chi connectivity index (χ0v) is 18.4. The lowest BCUT2D eigenvalue weighted by Crippen LogP contribution is -2.29. The van der Waals surface area contributed by atoms with Gasteiger partial charge >= 0.3 is 5.69 Å². The molecule has 2 amide bonds. The summed E-state index contributed by atoms with van der Waals surface area (Å²) in [7, 11) is 0. The van der Waals surface area contributed by atoms with Crippen LogP contribution < -0.4 is 16.3 Å². The van der Waals surface area contributed by atoms with Gasteiger partial charge in [-0.2, -0.15) is 0 Å². The molecule has 7 heteroatoms. The molecule has 7 nitrogen and oxygen atoms in total. The van der Waals surface area contributed by atoms with Gasteiger partial charge in [0.05, 0.1) is 22.3 Å². The fraction of sp³-hybridized carbons (Fsp3) is 0.375. The lowest BCUT2D eigenvalue weighted by atomic mass is 10.1. The molecule has 0 unspecified atom stereocenters. The number of nitrogens with zero attached hydrogens (tertiary/aromatic N) is 2. The summed E-state index contributed by atoms with van der Waals surface area (Å²) in [5.74, 6) is -0.134. The molecule has 0 spiro atoms. The van der Waals surface area contributed by atoms with Crippen molar-refractivity contribution in [2.45, 2.75) is 46.7 Å². The van der Waals surface area contributed by atoms with E-state index in [0.29, 0.717) is 30.3 Å². The highest BCUT2D eigenvalue weighted by atomic mass is 16.2.